The van der Waals surface area contributed by atoms with Crippen molar-refractivity contribution in [3.05, 3.63) is 23.0 Å². The first kappa shape index (κ1) is 6.75. The highest BCUT2D eigenvalue weighted by molar-refractivity contribution is 7.09. The number of hydrogen-bond donors (Lipinski definition) is 0. The van der Waals surface area contributed by atoms with Crippen LogP contribution < -0.4 is 0 Å². The van der Waals surface area contributed by atoms with Crippen molar-refractivity contribution < 1.29 is 0 Å². The Morgan fingerprint density at radius 3 is 2.89 bits per heavy atom. The summed E-state index contributed by atoms with van der Waals surface area (Å²) in [5.41, 5.74) is 0. The Hall–Kier alpha value is -0.370. The van der Waals surface area contributed by atoms with Crippen LogP contribution in [0.5, 0.6) is 0 Å². The van der Waals surface area contributed by atoms with Gasteiger partial charge < -0.3 is 0 Å². The molecular formula is C7H10NS. The first-order chi connectivity index (χ1) is 4.29. The lowest BCUT2D eigenvalue weighted by Crippen LogP contribution is -1.88. The molecule has 0 unspecified atom stereocenters. The second-order valence-corrected chi connectivity index (χ2v) is 3.21. The average molecular weight is 140 g/mol. The molecule has 0 spiro atoms. The van der Waals surface area contributed by atoms with Crippen molar-refractivity contribution >= 4 is 11.3 Å². The molecule has 1 aromatic heterocycles. The lowest BCUT2D eigenvalue weighted by molar-refractivity contribution is 0.774. The fraction of sp³-hybridized carbons (Fsp3) is 0.429. The quantitative estimate of drug-likeness (QED) is 0.614. The van der Waals surface area contributed by atoms with Gasteiger partial charge in [-0.25, -0.2) is 4.98 Å². The molecule has 0 aromatic carbocycles. The maximum Gasteiger partial charge on any atom is 0.0965 e. The normalized spacial score (nSPS) is 10.6. The Morgan fingerprint density at radius 1 is 1.67 bits per heavy atom. The summed E-state index contributed by atoms with van der Waals surface area (Å²) < 4.78 is 0. The predicted octanol–water partition coefficient (Wildman–Crippen LogP) is 2.35. The third-order valence-corrected chi connectivity index (χ3v) is 1.67. The van der Waals surface area contributed by atoms with E-state index in [-0.39, 0.29) is 0 Å². The molecule has 0 saturated carbocycles. The smallest absolute Gasteiger partial charge is 0.0965 e. The van der Waals surface area contributed by atoms with Crippen molar-refractivity contribution in [1.82, 2.24) is 4.98 Å². The van der Waals surface area contributed by atoms with E-state index in [1.54, 1.807) is 11.3 Å². The number of thiazole rings is 1. The zero-order chi connectivity index (χ0) is 6.69. The van der Waals surface area contributed by atoms with E-state index in [0.717, 1.165) is 5.01 Å². The molecule has 49 valence electrons. The first-order valence-corrected chi connectivity index (χ1v) is 3.91. The Morgan fingerprint density at radius 2 is 2.44 bits per heavy atom. The van der Waals surface area contributed by atoms with Crippen LogP contribution in [0.25, 0.3) is 0 Å². The van der Waals surface area contributed by atoms with Gasteiger partial charge in [-0.2, -0.15) is 0 Å². The molecule has 0 fully saturated rings. The van der Waals surface area contributed by atoms with Gasteiger partial charge in [0.1, 0.15) is 0 Å². The third kappa shape index (κ3) is 2.14. The van der Waals surface area contributed by atoms with Gasteiger partial charge in [0.05, 0.1) is 5.01 Å². The van der Waals surface area contributed by atoms with E-state index in [4.69, 9.17) is 0 Å². The van der Waals surface area contributed by atoms with Crippen LogP contribution in [0.15, 0.2) is 11.6 Å². The summed E-state index contributed by atoms with van der Waals surface area (Å²) in [6.07, 6.45) is 3.99. The van der Waals surface area contributed by atoms with E-state index in [9.17, 15) is 0 Å². The fourth-order valence-corrected chi connectivity index (χ4v) is 1.34. The molecule has 1 rings (SSSR count). The van der Waals surface area contributed by atoms with Crippen LogP contribution in [-0.2, 0) is 0 Å². The van der Waals surface area contributed by atoms with Crippen LogP contribution >= 0.6 is 11.3 Å². The van der Waals surface area contributed by atoms with E-state index >= 15 is 0 Å². The molecule has 0 bridgehead atoms. The first-order valence-electron chi connectivity index (χ1n) is 3.03. The molecule has 1 nitrogen and oxygen atoms in total. The molecule has 0 aliphatic rings. The van der Waals surface area contributed by atoms with Crippen LogP contribution in [0.2, 0.25) is 0 Å². The molecule has 0 amide bonds. The Balaban J connectivity index is 2.48. The summed E-state index contributed by atoms with van der Waals surface area (Å²) in [5.74, 6) is 0.608. The second kappa shape index (κ2) is 2.97. The zero-order valence-electron chi connectivity index (χ0n) is 5.66. The minimum atomic E-state index is 0.608. The number of hydrogen-bond acceptors (Lipinski definition) is 2. The summed E-state index contributed by atoms with van der Waals surface area (Å²) >= 11 is 1.68. The molecule has 2 heteroatoms. The molecule has 1 heterocycles. The molecule has 0 atom stereocenters. The van der Waals surface area contributed by atoms with Gasteiger partial charge in [-0.15, -0.1) is 11.3 Å². The molecule has 0 saturated heterocycles. The minimum absolute atomic E-state index is 0.608. The van der Waals surface area contributed by atoms with E-state index in [1.807, 2.05) is 11.6 Å². The number of aromatic nitrogens is 1. The Labute approximate surface area is 59.8 Å². The van der Waals surface area contributed by atoms with Crippen molar-refractivity contribution in [2.75, 3.05) is 0 Å². The van der Waals surface area contributed by atoms with Gasteiger partial charge in [0.15, 0.2) is 0 Å². The standard InChI is InChI=1S/C7H10NS/c1-6(2)5-7-8-3-4-9-7/h3-6H,1-2H3. The van der Waals surface area contributed by atoms with Crippen molar-refractivity contribution in [1.29, 1.82) is 0 Å². The van der Waals surface area contributed by atoms with Gasteiger partial charge in [-0.1, -0.05) is 13.8 Å². The third-order valence-electron chi connectivity index (χ3n) is 0.927. The van der Waals surface area contributed by atoms with Crippen LogP contribution in [0.3, 0.4) is 0 Å². The minimum Gasteiger partial charge on any atom is -0.249 e. The second-order valence-electron chi connectivity index (χ2n) is 2.28. The lowest BCUT2D eigenvalue weighted by Gasteiger charge is -1.96. The van der Waals surface area contributed by atoms with E-state index in [2.05, 4.69) is 25.3 Å². The topological polar surface area (TPSA) is 12.9 Å². The van der Waals surface area contributed by atoms with Crippen LogP contribution in [0, 0.1) is 12.3 Å². The summed E-state index contributed by atoms with van der Waals surface area (Å²) in [7, 11) is 0. The van der Waals surface area contributed by atoms with Gasteiger partial charge in [0.2, 0.25) is 0 Å². The average Bonchev–Trinajstić information content (AvgIpc) is 2.15. The van der Waals surface area contributed by atoms with Gasteiger partial charge in [-0.05, 0) is 5.92 Å². The van der Waals surface area contributed by atoms with Gasteiger partial charge in [-0.3, -0.25) is 0 Å². The van der Waals surface area contributed by atoms with Crippen LogP contribution in [0.1, 0.15) is 18.9 Å². The van der Waals surface area contributed by atoms with Gasteiger partial charge in [0.25, 0.3) is 0 Å². The molecule has 0 N–H and O–H groups in total. The van der Waals surface area contributed by atoms with Crippen LogP contribution in [-0.4, -0.2) is 4.98 Å². The Bertz CT molecular complexity index is 155. The summed E-state index contributed by atoms with van der Waals surface area (Å²) in [6, 6.07) is 0. The van der Waals surface area contributed by atoms with Gasteiger partial charge in [0, 0.05) is 18.0 Å². The monoisotopic (exact) mass is 140 g/mol. The highest BCUT2D eigenvalue weighted by Gasteiger charge is 1.98. The highest BCUT2D eigenvalue weighted by atomic mass is 32.1. The van der Waals surface area contributed by atoms with E-state index in [0.29, 0.717) is 5.92 Å². The largest absolute Gasteiger partial charge is 0.249 e. The lowest BCUT2D eigenvalue weighted by atomic mass is 10.1. The predicted molar refractivity (Wildman–Crippen MR) is 40.4 cm³/mol. The molecule has 0 aliphatic carbocycles. The van der Waals surface area contributed by atoms with E-state index < -0.39 is 0 Å². The summed E-state index contributed by atoms with van der Waals surface area (Å²) in [4.78, 5) is 4.12. The maximum absolute atomic E-state index is 4.12. The molecule has 0 aliphatic heterocycles. The number of rotatable bonds is 2. The van der Waals surface area contributed by atoms with E-state index in [1.165, 1.54) is 0 Å². The summed E-state index contributed by atoms with van der Waals surface area (Å²) in [5, 5.41) is 3.12. The molecular weight excluding hydrogens is 130 g/mol. The van der Waals surface area contributed by atoms with Crippen molar-refractivity contribution in [3.63, 3.8) is 0 Å². The molecule has 1 radical (unpaired) electrons. The van der Waals surface area contributed by atoms with Gasteiger partial charge >= 0.3 is 0 Å². The molecule has 9 heavy (non-hydrogen) atoms. The van der Waals surface area contributed by atoms with Crippen molar-refractivity contribution in [3.8, 4) is 0 Å². The SMILES string of the molecule is CC(C)[CH]c1nccs1. The summed E-state index contributed by atoms with van der Waals surface area (Å²) in [6.45, 7) is 4.31. The van der Waals surface area contributed by atoms with Crippen molar-refractivity contribution in [2.45, 2.75) is 13.8 Å². The number of nitrogens with zero attached hydrogens (tertiary/aromatic N) is 1. The zero-order valence-corrected chi connectivity index (χ0v) is 6.48. The highest BCUT2D eigenvalue weighted by Crippen LogP contribution is 2.11. The van der Waals surface area contributed by atoms with Crippen LogP contribution in [0.4, 0.5) is 0 Å². The maximum atomic E-state index is 4.12. The van der Waals surface area contributed by atoms with Crippen molar-refractivity contribution in [2.24, 2.45) is 5.92 Å². The molecule has 1 aromatic rings. The fourth-order valence-electron chi connectivity index (χ4n) is 0.602. The Kier molecular flexibility index (Phi) is 2.22.